The number of nitrogen functional groups attached to an aromatic ring is 1. The van der Waals surface area contributed by atoms with Crippen LogP contribution in [-0.2, 0) is 10.0 Å². The first-order valence-corrected chi connectivity index (χ1v) is 10.5. The second kappa shape index (κ2) is 7.13. The highest BCUT2D eigenvalue weighted by Gasteiger charge is 2.14. The van der Waals surface area contributed by atoms with Gasteiger partial charge in [0.1, 0.15) is 17.7 Å². The molecule has 10 heteroatoms. The predicted molar refractivity (Wildman–Crippen MR) is 110 cm³/mol. The van der Waals surface area contributed by atoms with Crippen molar-refractivity contribution in [1.29, 1.82) is 5.26 Å². The molecule has 4 rings (SSSR count). The number of rotatable bonds is 4. The van der Waals surface area contributed by atoms with Crippen LogP contribution in [-0.4, -0.2) is 33.6 Å². The van der Waals surface area contributed by atoms with Gasteiger partial charge in [-0.1, -0.05) is 18.2 Å². The average Bonchev–Trinajstić information content (AvgIpc) is 3.35. The van der Waals surface area contributed by atoms with E-state index in [9.17, 15) is 12.8 Å². The van der Waals surface area contributed by atoms with E-state index in [0.29, 0.717) is 28.1 Å². The van der Waals surface area contributed by atoms with Gasteiger partial charge >= 0.3 is 0 Å². The smallest absolute Gasteiger partial charge is 0.250 e. The van der Waals surface area contributed by atoms with Gasteiger partial charge in [0.25, 0.3) is 10.0 Å². The molecule has 0 saturated heterocycles. The van der Waals surface area contributed by atoms with E-state index in [0.717, 1.165) is 10.3 Å². The molecule has 0 aliphatic rings. The Morgan fingerprint density at radius 1 is 1.10 bits per heavy atom. The van der Waals surface area contributed by atoms with E-state index < -0.39 is 15.8 Å². The van der Waals surface area contributed by atoms with Gasteiger partial charge < -0.3 is 5.73 Å². The largest absolute Gasteiger partial charge is 0.382 e. The number of benzene rings is 2. The Morgan fingerprint density at radius 3 is 2.57 bits per heavy atom. The molecule has 0 radical (unpaired) electrons. The van der Waals surface area contributed by atoms with Crippen LogP contribution in [0, 0.1) is 17.1 Å². The molecular weight excluding hydrogens is 407 g/mol. The summed E-state index contributed by atoms with van der Waals surface area (Å²) in [4.78, 5) is 0. The van der Waals surface area contributed by atoms with Crippen LogP contribution in [0.15, 0.2) is 60.9 Å². The van der Waals surface area contributed by atoms with Gasteiger partial charge in [0, 0.05) is 17.2 Å². The van der Waals surface area contributed by atoms with E-state index in [1.54, 1.807) is 47.1 Å². The van der Waals surface area contributed by atoms with Crippen LogP contribution >= 0.6 is 0 Å². The van der Waals surface area contributed by atoms with Gasteiger partial charge in [-0.2, -0.15) is 19.5 Å². The van der Waals surface area contributed by atoms with Crippen molar-refractivity contribution >= 4 is 15.8 Å². The molecule has 2 N–H and O–H groups in total. The van der Waals surface area contributed by atoms with Crippen molar-refractivity contribution in [3.05, 3.63) is 72.3 Å². The lowest BCUT2D eigenvalue weighted by molar-refractivity contribution is 0.586. The monoisotopic (exact) mass is 422 g/mol. The SMILES string of the molecule is CS(=O)(=O)n1cc(-c2cccc(-n3nc(N)cc3-c3ccc(C#N)c(F)c3)c2)cn1. The molecule has 30 heavy (non-hydrogen) atoms. The van der Waals surface area contributed by atoms with Gasteiger partial charge in [-0.15, -0.1) is 0 Å². The second-order valence-electron chi connectivity index (χ2n) is 6.59. The van der Waals surface area contributed by atoms with Crippen LogP contribution in [0.2, 0.25) is 0 Å². The number of aromatic nitrogens is 4. The number of nitriles is 1. The maximum absolute atomic E-state index is 14.1. The highest BCUT2D eigenvalue weighted by atomic mass is 32.2. The number of hydrogen-bond donors (Lipinski definition) is 1. The van der Waals surface area contributed by atoms with Crippen LogP contribution in [0.25, 0.3) is 28.1 Å². The zero-order chi connectivity index (χ0) is 21.5. The molecule has 150 valence electrons. The molecule has 0 fully saturated rings. The molecule has 0 spiro atoms. The van der Waals surface area contributed by atoms with E-state index >= 15 is 0 Å². The van der Waals surface area contributed by atoms with Gasteiger partial charge in [0.15, 0.2) is 0 Å². The Balaban J connectivity index is 1.80. The third-order valence-corrected chi connectivity index (χ3v) is 5.32. The van der Waals surface area contributed by atoms with Gasteiger partial charge in [-0.05, 0) is 29.8 Å². The van der Waals surface area contributed by atoms with E-state index in [1.807, 2.05) is 0 Å². The minimum atomic E-state index is -3.49. The summed E-state index contributed by atoms with van der Waals surface area (Å²) >= 11 is 0. The summed E-state index contributed by atoms with van der Waals surface area (Å²) in [6, 6.07) is 14.8. The summed E-state index contributed by atoms with van der Waals surface area (Å²) in [6.07, 6.45) is 3.94. The number of nitrogens with zero attached hydrogens (tertiary/aromatic N) is 5. The molecule has 8 nitrogen and oxygen atoms in total. The molecule has 2 heterocycles. The van der Waals surface area contributed by atoms with Crippen LogP contribution in [0.5, 0.6) is 0 Å². The first-order chi connectivity index (χ1) is 14.3. The molecule has 0 atom stereocenters. The Bertz CT molecular complexity index is 1420. The molecule has 4 aromatic rings. The van der Waals surface area contributed by atoms with Crippen molar-refractivity contribution in [3.63, 3.8) is 0 Å². The van der Waals surface area contributed by atoms with Crippen molar-refractivity contribution in [2.75, 3.05) is 12.0 Å². The van der Waals surface area contributed by atoms with Gasteiger partial charge in [0.2, 0.25) is 0 Å². The Kier molecular flexibility index (Phi) is 4.60. The fourth-order valence-corrected chi connectivity index (χ4v) is 3.54. The topological polar surface area (TPSA) is 120 Å². The van der Waals surface area contributed by atoms with Crippen molar-refractivity contribution < 1.29 is 12.8 Å². The first kappa shape index (κ1) is 19.4. The third-order valence-electron chi connectivity index (χ3n) is 4.44. The highest BCUT2D eigenvalue weighted by molar-refractivity contribution is 7.89. The lowest BCUT2D eigenvalue weighted by atomic mass is 10.1. The Hall–Kier alpha value is -3.97. The molecular formula is C20H15FN6O2S. The van der Waals surface area contributed by atoms with Crippen LogP contribution in [0.1, 0.15) is 5.56 Å². The van der Waals surface area contributed by atoms with Gasteiger partial charge in [-0.25, -0.2) is 17.5 Å². The molecule has 0 amide bonds. The Labute approximate surface area is 171 Å². The number of anilines is 1. The molecule has 2 aromatic carbocycles. The van der Waals surface area contributed by atoms with Crippen molar-refractivity contribution in [1.82, 2.24) is 19.0 Å². The molecule has 0 aliphatic carbocycles. The summed E-state index contributed by atoms with van der Waals surface area (Å²) in [5.74, 6) is -0.395. The van der Waals surface area contributed by atoms with Crippen LogP contribution in [0.4, 0.5) is 10.2 Å². The number of halogens is 1. The van der Waals surface area contributed by atoms with Crippen LogP contribution in [0.3, 0.4) is 0 Å². The lowest BCUT2D eigenvalue weighted by Crippen LogP contribution is -2.09. The molecule has 2 aromatic heterocycles. The van der Waals surface area contributed by atoms with E-state index in [1.165, 1.54) is 24.5 Å². The molecule has 0 bridgehead atoms. The van der Waals surface area contributed by atoms with Crippen molar-refractivity contribution in [2.45, 2.75) is 0 Å². The second-order valence-corrected chi connectivity index (χ2v) is 8.43. The molecule has 0 aliphatic heterocycles. The maximum atomic E-state index is 14.1. The fraction of sp³-hybridized carbons (Fsp3) is 0.0500. The van der Waals surface area contributed by atoms with Gasteiger partial charge in [-0.3, -0.25) is 0 Å². The lowest BCUT2D eigenvalue weighted by Gasteiger charge is -2.09. The first-order valence-electron chi connectivity index (χ1n) is 8.68. The summed E-state index contributed by atoms with van der Waals surface area (Å²) in [5.41, 5.74) is 8.84. The summed E-state index contributed by atoms with van der Waals surface area (Å²) in [7, 11) is -3.49. The van der Waals surface area contributed by atoms with E-state index in [2.05, 4.69) is 10.2 Å². The normalized spacial score (nSPS) is 11.4. The molecule has 0 saturated carbocycles. The summed E-state index contributed by atoms with van der Waals surface area (Å²) in [6.45, 7) is 0. The van der Waals surface area contributed by atoms with Crippen molar-refractivity contribution in [3.8, 4) is 34.1 Å². The average molecular weight is 422 g/mol. The highest BCUT2D eigenvalue weighted by Crippen LogP contribution is 2.28. The van der Waals surface area contributed by atoms with E-state index in [-0.39, 0.29) is 11.4 Å². The number of hydrogen-bond acceptors (Lipinski definition) is 6. The zero-order valence-electron chi connectivity index (χ0n) is 15.7. The number of nitrogens with two attached hydrogens (primary N) is 1. The summed E-state index contributed by atoms with van der Waals surface area (Å²) < 4.78 is 39.9. The quantitative estimate of drug-likeness (QED) is 0.540. The predicted octanol–water partition coefficient (Wildman–Crippen LogP) is 2.80. The zero-order valence-corrected chi connectivity index (χ0v) is 16.5. The van der Waals surface area contributed by atoms with E-state index in [4.69, 9.17) is 11.0 Å². The minimum Gasteiger partial charge on any atom is -0.382 e. The van der Waals surface area contributed by atoms with Crippen molar-refractivity contribution in [2.24, 2.45) is 0 Å². The maximum Gasteiger partial charge on any atom is 0.250 e. The van der Waals surface area contributed by atoms with Gasteiger partial charge in [0.05, 0.1) is 35.6 Å². The summed E-state index contributed by atoms with van der Waals surface area (Å²) in [5, 5.41) is 17.1. The van der Waals surface area contributed by atoms with Crippen LogP contribution < -0.4 is 5.73 Å². The fourth-order valence-electron chi connectivity index (χ4n) is 3.02. The Morgan fingerprint density at radius 2 is 1.90 bits per heavy atom. The third kappa shape index (κ3) is 3.54. The standard InChI is InChI=1S/C20H15FN6O2S/c1-30(28,29)26-12-16(11-24-26)13-3-2-4-17(7-13)27-19(9-20(23)25-27)14-5-6-15(10-22)18(21)8-14/h2-9,11-12H,1H3,(H2,23,25). The minimum absolute atomic E-state index is 0.0531. The molecule has 0 unspecified atom stereocenters.